The van der Waals surface area contributed by atoms with Crippen LogP contribution in [0.15, 0.2) is 35.0 Å². The monoisotopic (exact) mass is 281 g/mol. The highest BCUT2D eigenvalue weighted by Crippen LogP contribution is 2.21. The number of aromatic nitrogens is 2. The minimum atomic E-state index is 0.667. The standard InChI is InChI=1S/C16H15N3S/c1-2-6-19-15-4-3-12(10-17)8-14(15)18-16(19)9-13-5-7-20-11-13/h3-5,7-8,11H,2,6,9H2,1H3. The first-order valence-corrected chi connectivity index (χ1v) is 7.66. The van der Waals surface area contributed by atoms with Crippen LogP contribution in [-0.2, 0) is 13.0 Å². The Balaban J connectivity index is 2.09. The van der Waals surface area contributed by atoms with Gasteiger partial charge in [-0.1, -0.05) is 6.92 Å². The molecule has 2 heterocycles. The maximum Gasteiger partial charge on any atom is 0.114 e. The molecule has 0 aliphatic rings. The Hall–Kier alpha value is -2.12. The highest BCUT2D eigenvalue weighted by atomic mass is 32.1. The summed E-state index contributed by atoms with van der Waals surface area (Å²) in [6.45, 7) is 3.13. The summed E-state index contributed by atoms with van der Waals surface area (Å²) < 4.78 is 2.27. The summed E-state index contributed by atoms with van der Waals surface area (Å²) in [5.74, 6) is 1.08. The number of imidazole rings is 1. The summed E-state index contributed by atoms with van der Waals surface area (Å²) in [6, 6.07) is 10.1. The first-order chi connectivity index (χ1) is 9.81. The number of hydrogen-bond donors (Lipinski definition) is 0. The second-order valence-corrected chi connectivity index (χ2v) is 5.58. The lowest BCUT2D eigenvalue weighted by atomic mass is 10.2. The Labute approximate surface area is 122 Å². The second-order valence-electron chi connectivity index (χ2n) is 4.80. The van der Waals surface area contributed by atoms with Gasteiger partial charge in [0.15, 0.2) is 0 Å². The van der Waals surface area contributed by atoms with Gasteiger partial charge in [0.2, 0.25) is 0 Å². The van der Waals surface area contributed by atoms with Crippen molar-refractivity contribution in [3.8, 4) is 6.07 Å². The number of nitrogens with zero attached hydrogens (tertiary/aromatic N) is 3. The van der Waals surface area contributed by atoms with E-state index in [1.54, 1.807) is 11.3 Å². The highest BCUT2D eigenvalue weighted by Gasteiger charge is 2.11. The molecular formula is C16H15N3S. The number of aryl methyl sites for hydroxylation is 1. The Bertz CT molecular complexity index is 763. The lowest BCUT2D eigenvalue weighted by Gasteiger charge is -2.06. The number of hydrogen-bond acceptors (Lipinski definition) is 3. The zero-order valence-corrected chi connectivity index (χ0v) is 12.2. The second kappa shape index (κ2) is 5.48. The Morgan fingerprint density at radius 3 is 2.95 bits per heavy atom. The molecule has 0 N–H and O–H groups in total. The summed E-state index contributed by atoms with van der Waals surface area (Å²) >= 11 is 1.71. The maximum absolute atomic E-state index is 9.00. The van der Waals surface area contributed by atoms with Crippen molar-refractivity contribution in [1.82, 2.24) is 9.55 Å². The predicted octanol–water partition coefficient (Wildman–Crippen LogP) is 3.97. The molecule has 1 aromatic carbocycles. The lowest BCUT2D eigenvalue weighted by molar-refractivity contribution is 0.664. The Morgan fingerprint density at radius 1 is 1.35 bits per heavy atom. The predicted molar refractivity (Wildman–Crippen MR) is 81.9 cm³/mol. The van der Waals surface area contributed by atoms with Crippen molar-refractivity contribution in [3.05, 3.63) is 52.0 Å². The lowest BCUT2D eigenvalue weighted by Crippen LogP contribution is -2.03. The third kappa shape index (κ3) is 2.33. The zero-order chi connectivity index (χ0) is 13.9. The average molecular weight is 281 g/mol. The quantitative estimate of drug-likeness (QED) is 0.726. The van der Waals surface area contributed by atoms with Crippen LogP contribution in [0.3, 0.4) is 0 Å². The summed E-state index contributed by atoms with van der Waals surface area (Å²) in [5.41, 5.74) is 4.00. The van der Waals surface area contributed by atoms with Gasteiger partial charge < -0.3 is 4.57 Å². The molecule has 20 heavy (non-hydrogen) atoms. The molecule has 0 spiro atoms. The van der Waals surface area contributed by atoms with Crippen LogP contribution in [-0.4, -0.2) is 9.55 Å². The molecule has 0 atom stereocenters. The van der Waals surface area contributed by atoms with E-state index >= 15 is 0 Å². The van der Waals surface area contributed by atoms with Crippen LogP contribution in [0, 0.1) is 11.3 Å². The smallest absolute Gasteiger partial charge is 0.114 e. The normalized spacial score (nSPS) is 10.8. The van der Waals surface area contributed by atoms with Crippen molar-refractivity contribution in [1.29, 1.82) is 5.26 Å². The van der Waals surface area contributed by atoms with Gasteiger partial charge in [0.1, 0.15) is 5.82 Å². The van der Waals surface area contributed by atoms with Crippen molar-refractivity contribution in [2.24, 2.45) is 0 Å². The minimum Gasteiger partial charge on any atom is -0.328 e. The fourth-order valence-electron chi connectivity index (χ4n) is 2.43. The van der Waals surface area contributed by atoms with Gasteiger partial charge in [-0.05, 0) is 47.0 Å². The topological polar surface area (TPSA) is 41.6 Å². The molecule has 0 unspecified atom stereocenters. The van der Waals surface area contributed by atoms with E-state index < -0.39 is 0 Å². The highest BCUT2D eigenvalue weighted by molar-refractivity contribution is 7.07. The van der Waals surface area contributed by atoms with Gasteiger partial charge >= 0.3 is 0 Å². The largest absolute Gasteiger partial charge is 0.328 e. The van der Waals surface area contributed by atoms with Crippen LogP contribution in [0.25, 0.3) is 11.0 Å². The first-order valence-electron chi connectivity index (χ1n) is 6.72. The summed E-state index contributed by atoms with van der Waals surface area (Å²) in [5, 5.41) is 13.3. The molecule has 0 amide bonds. The van der Waals surface area contributed by atoms with Crippen LogP contribution in [0.5, 0.6) is 0 Å². The number of rotatable bonds is 4. The number of fused-ring (bicyclic) bond motifs is 1. The van der Waals surface area contributed by atoms with Crippen molar-refractivity contribution >= 4 is 22.4 Å². The summed E-state index contributed by atoms with van der Waals surface area (Å²) in [7, 11) is 0. The molecule has 0 radical (unpaired) electrons. The van der Waals surface area contributed by atoms with Gasteiger partial charge in [-0.25, -0.2) is 4.98 Å². The molecule has 3 aromatic rings. The molecule has 0 fully saturated rings. The number of thiophene rings is 1. The van der Waals surface area contributed by atoms with Gasteiger partial charge in [0, 0.05) is 13.0 Å². The van der Waals surface area contributed by atoms with E-state index in [-0.39, 0.29) is 0 Å². The number of benzene rings is 1. The molecule has 0 aliphatic carbocycles. The van der Waals surface area contributed by atoms with Crippen LogP contribution in [0.4, 0.5) is 0 Å². The fourth-order valence-corrected chi connectivity index (χ4v) is 3.10. The molecule has 0 saturated heterocycles. The molecule has 0 bridgehead atoms. The van der Waals surface area contributed by atoms with E-state index in [2.05, 4.69) is 34.4 Å². The molecule has 100 valence electrons. The Morgan fingerprint density at radius 2 is 2.25 bits per heavy atom. The SMILES string of the molecule is CCCn1c(Cc2ccsc2)nc2cc(C#N)ccc21. The summed E-state index contributed by atoms with van der Waals surface area (Å²) in [4.78, 5) is 4.73. The van der Waals surface area contributed by atoms with Gasteiger partial charge in [0.25, 0.3) is 0 Å². The van der Waals surface area contributed by atoms with Crippen LogP contribution in [0.2, 0.25) is 0 Å². The van der Waals surface area contributed by atoms with E-state index in [4.69, 9.17) is 10.2 Å². The number of nitriles is 1. The van der Waals surface area contributed by atoms with Gasteiger partial charge in [-0.2, -0.15) is 16.6 Å². The van der Waals surface area contributed by atoms with Crippen LogP contribution in [0.1, 0.15) is 30.3 Å². The molecule has 0 saturated carbocycles. The van der Waals surface area contributed by atoms with E-state index in [0.717, 1.165) is 36.2 Å². The van der Waals surface area contributed by atoms with Gasteiger partial charge in [-0.3, -0.25) is 0 Å². The zero-order valence-electron chi connectivity index (χ0n) is 11.3. The molecule has 2 aromatic heterocycles. The van der Waals surface area contributed by atoms with Crippen molar-refractivity contribution in [3.63, 3.8) is 0 Å². The maximum atomic E-state index is 9.00. The van der Waals surface area contributed by atoms with E-state index in [9.17, 15) is 0 Å². The van der Waals surface area contributed by atoms with Crippen LogP contribution < -0.4 is 0 Å². The van der Waals surface area contributed by atoms with Crippen LogP contribution >= 0.6 is 11.3 Å². The summed E-state index contributed by atoms with van der Waals surface area (Å²) in [6.07, 6.45) is 1.92. The minimum absolute atomic E-state index is 0.667. The molecule has 3 rings (SSSR count). The van der Waals surface area contributed by atoms with Crippen molar-refractivity contribution in [2.75, 3.05) is 0 Å². The van der Waals surface area contributed by atoms with Crippen molar-refractivity contribution < 1.29 is 0 Å². The van der Waals surface area contributed by atoms with Gasteiger partial charge in [0.05, 0.1) is 22.7 Å². The van der Waals surface area contributed by atoms with Crippen molar-refractivity contribution in [2.45, 2.75) is 26.3 Å². The third-order valence-electron chi connectivity index (χ3n) is 3.35. The van der Waals surface area contributed by atoms with E-state index in [1.807, 2.05) is 18.2 Å². The van der Waals surface area contributed by atoms with E-state index in [1.165, 1.54) is 5.56 Å². The molecular weight excluding hydrogens is 266 g/mol. The third-order valence-corrected chi connectivity index (χ3v) is 4.08. The Kier molecular flexibility index (Phi) is 3.53. The fraction of sp³-hybridized carbons (Fsp3) is 0.250. The molecule has 3 nitrogen and oxygen atoms in total. The van der Waals surface area contributed by atoms with Gasteiger partial charge in [-0.15, -0.1) is 0 Å². The molecule has 4 heteroatoms. The molecule has 0 aliphatic heterocycles. The van der Waals surface area contributed by atoms with E-state index in [0.29, 0.717) is 5.56 Å². The average Bonchev–Trinajstić information content (AvgIpc) is 3.08. The first kappa shape index (κ1) is 12.9.